The highest BCUT2D eigenvalue weighted by atomic mass is 16.3. The minimum Gasteiger partial charge on any atom is -0.395 e. The summed E-state index contributed by atoms with van der Waals surface area (Å²) in [6.45, 7) is 3.98. The average Bonchev–Trinajstić information content (AvgIpc) is 3.15. The Hall–Kier alpha value is -1.72. The largest absolute Gasteiger partial charge is 0.395 e. The number of aromatic nitrogens is 3. The van der Waals surface area contributed by atoms with Crippen LogP contribution in [0.3, 0.4) is 0 Å². The molecule has 0 spiro atoms. The minimum absolute atomic E-state index is 0.229. The molecule has 1 aromatic heterocycles. The monoisotopic (exact) mass is 272 g/mol. The Morgan fingerprint density at radius 3 is 2.85 bits per heavy atom. The number of aliphatic hydroxyl groups excluding tert-OH is 1. The van der Waals surface area contributed by atoms with Crippen LogP contribution in [-0.4, -0.2) is 44.0 Å². The van der Waals surface area contributed by atoms with E-state index in [1.807, 2.05) is 0 Å². The van der Waals surface area contributed by atoms with Crippen LogP contribution in [0.1, 0.15) is 24.0 Å². The fourth-order valence-electron chi connectivity index (χ4n) is 2.60. The van der Waals surface area contributed by atoms with Crippen molar-refractivity contribution in [1.82, 2.24) is 19.7 Å². The number of aliphatic hydroxyl groups is 1. The first kappa shape index (κ1) is 13.3. The molecule has 1 N–H and O–H groups in total. The van der Waals surface area contributed by atoms with Gasteiger partial charge in [0.15, 0.2) is 0 Å². The summed E-state index contributed by atoms with van der Waals surface area (Å²) in [6.07, 6.45) is 5.78. The first-order chi connectivity index (χ1) is 9.78. The van der Waals surface area contributed by atoms with Crippen LogP contribution >= 0.6 is 0 Å². The Bertz CT molecular complexity index is 563. The minimum atomic E-state index is 0.229. The maximum absolute atomic E-state index is 9.15. The first-order valence-corrected chi connectivity index (χ1v) is 7.07. The molecule has 0 saturated heterocycles. The molecule has 1 aliphatic carbocycles. The maximum atomic E-state index is 9.15. The molecule has 3 rings (SSSR count). The number of nitrogens with zero attached hydrogens (tertiary/aromatic N) is 4. The molecule has 0 unspecified atom stereocenters. The van der Waals surface area contributed by atoms with Crippen LogP contribution in [0.15, 0.2) is 30.9 Å². The topological polar surface area (TPSA) is 54.2 Å². The Labute approximate surface area is 118 Å². The molecule has 106 valence electrons. The summed E-state index contributed by atoms with van der Waals surface area (Å²) in [5.41, 5.74) is 3.53. The lowest BCUT2D eigenvalue weighted by Gasteiger charge is -2.21. The second kappa shape index (κ2) is 5.73. The van der Waals surface area contributed by atoms with Crippen LogP contribution < -0.4 is 0 Å². The molecule has 2 aromatic rings. The van der Waals surface area contributed by atoms with E-state index in [4.69, 9.17) is 5.11 Å². The van der Waals surface area contributed by atoms with Gasteiger partial charge in [0.05, 0.1) is 12.3 Å². The van der Waals surface area contributed by atoms with Crippen LogP contribution in [0.2, 0.25) is 0 Å². The SMILES string of the molecule is Cc1cc(CN(CCO)C2CC2)ccc1-n1cncn1. The van der Waals surface area contributed by atoms with Crippen molar-refractivity contribution in [2.75, 3.05) is 13.2 Å². The van der Waals surface area contributed by atoms with Gasteiger partial charge in [-0.05, 0) is 37.0 Å². The highest BCUT2D eigenvalue weighted by Crippen LogP contribution is 2.28. The molecule has 0 amide bonds. The maximum Gasteiger partial charge on any atom is 0.138 e. The van der Waals surface area contributed by atoms with E-state index in [0.29, 0.717) is 6.04 Å². The van der Waals surface area contributed by atoms with Crippen LogP contribution in [0, 0.1) is 6.92 Å². The number of benzene rings is 1. The summed E-state index contributed by atoms with van der Waals surface area (Å²) in [5, 5.41) is 13.3. The van der Waals surface area contributed by atoms with Crippen molar-refractivity contribution in [3.63, 3.8) is 0 Å². The van der Waals surface area contributed by atoms with Gasteiger partial charge in [-0.1, -0.05) is 12.1 Å². The van der Waals surface area contributed by atoms with Gasteiger partial charge in [0.1, 0.15) is 12.7 Å². The summed E-state index contributed by atoms with van der Waals surface area (Å²) in [4.78, 5) is 6.35. The zero-order valence-electron chi connectivity index (χ0n) is 11.7. The first-order valence-electron chi connectivity index (χ1n) is 7.07. The predicted octanol–water partition coefficient (Wildman–Crippen LogP) is 1.53. The van der Waals surface area contributed by atoms with Crippen molar-refractivity contribution < 1.29 is 5.11 Å². The van der Waals surface area contributed by atoms with E-state index in [9.17, 15) is 0 Å². The summed E-state index contributed by atoms with van der Waals surface area (Å²) < 4.78 is 1.78. The Morgan fingerprint density at radius 2 is 2.25 bits per heavy atom. The van der Waals surface area contributed by atoms with E-state index >= 15 is 0 Å². The third-order valence-corrected chi connectivity index (χ3v) is 3.76. The summed E-state index contributed by atoms with van der Waals surface area (Å²) in [5.74, 6) is 0. The Balaban J connectivity index is 1.76. The fourth-order valence-corrected chi connectivity index (χ4v) is 2.60. The highest BCUT2D eigenvalue weighted by molar-refractivity contribution is 5.41. The second-order valence-electron chi connectivity index (χ2n) is 5.39. The third-order valence-electron chi connectivity index (χ3n) is 3.76. The van der Waals surface area contributed by atoms with E-state index in [2.05, 4.69) is 40.1 Å². The van der Waals surface area contributed by atoms with Gasteiger partial charge in [0.25, 0.3) is 0 Å². The molecular weight excluding hydrogens is 252 g/mol. The zero-order chi connectivity index (χ0) is 13.9. The Morgan fingerprint density at radius 1 is 1.40 bits per heavy atom. The summed E-state index contributed by atoms with van der Waals surface area (Å²) >= 11 is 0. The predicted molar refractivity (Wildman–Crippen MR) is 76.6 cm³/mol. The number of hydrogen-bond donors (Lipinski definition) is 1. The second-order valence-corrected chi connectivity index (χ2v) is 5.39. The molecule has 0 atom stereocenters. The van der Waals surface area contributed by atoms with Crippen LogP contribution in [0.5, 0.6) is 0 Å². The molecule has 1 aliphatic rings. The van der Waals surface area contributed by atoms with E-state index in [1.165, 1.54) is 24.0 Å². The van der Waals surface area contributed by atoms with Gasteiger partial charge in [-0.25, -0.2) is 9.67 Å². The Kier molecular flexibility index (Phi) is 3.80. The summed E-state index contributed by atoms with van der Waals surface area (Å²) in [7, 11) is 0. The normalized spacial score (nSPS) is 14.9. The van der Waals surface area contributed by atoms with Crippen molar-refractivity contribution in [3.05, 3.63) is 42.0 Å². The molecule has 0 bridgehead atoms. The summed E-state index contributed by atoms with van der Waals surface area (Å²) in [6, 6.07) is 7.08. The molecule has 0 aliphatic heterocycles. The number of aryl methyl sites for hydroxylation is 1. The average molecular weight is 272 g/mol. The van der Waals surface area contributed by atoms with E-state index < -0.39 is 0 Å². The molecule has 5 heteroatoms. The van der Waals surface area contributed by atoms with E-state index in [0.717, 1.165) is 18.8 Å². The molecule has 1 fully saturated rings. The van der Waals surface area contributed by atoms with Gasteiger partial charge in [0.2, 0.25) is 0 Å². The van der Waals surface area contributed by atoms with Crippen LogP contribution in [0.4, 0.5) is 0 Å². The number of hydrogen-bond acceptors (Lipinski definition) is 4. The zero-order valence-corrected chi connectivity index (χ0v) is 11.7. The number of rotatable bonds is 6. The van der Waals surface area contributed by atoms with E-state index in [-0.39, 0.29) is 6.61 Å². The van der Waals surface area contributed by atoms with Gasteiger partial charge in [-0.2, -0.15) is 5.10 Å². The van der Waals surface area contributed by atoms with Gasteiger partial charge in [-0.15, -0.1) is 0 Å². The smallest absolute Gasteiger partial charge is 0.138 e. The van der Waals surface area contributed by atoms with Gasteiger partial charge in [0, 0.05) is 19.1 Å². The molecule has 5 nitrogen and oxygen atoms in total. The quantitative estimate of drug-likeness (QED) is 0.866. The van der Waals surface area contributed by atoms with Gasteiger partial charge < -0.3 is 5.11 Å². The van der Waals surface area contributed by atoms with Gasteiger partial charge in [-0.3, -0.25) is 4.90 Å². The van der Waals surface area contributed by atoms with Crippen molar-refractivity contribution in [2.24, 2.45) is 0 Å². The molecule has 1 aromatic carbocycles. The van der Waals surface area contributed by atoms with Crippen molar-refractivity contribution >= 4 is 0 Å². The molecular formula is C15H20N4O. The van der Waals surface area contributed by atoms with Crippen molar-refractivity contribution in [1.29, 1.82) is 0 Å². The van der Waals surface area contributed by atoms with Gasteiger partial charge >= 0.3 is 0 Å². The van der Waals surface area contributed by atoms with Crippen LogP contribution in [-0.2, 0) is 6.54 Å². The molecule has 1 heterocycles. The molecule has 20 heavy (non-hydrogen) atoms. The standard InChI is InChI=1S/C15H20N4O/c1-12-8-13(9-18(6-7-20)14-3-4-14)2-5-15(12)19-11-16-10-17-19/h2,5,8,10-11,14,20H,3-4,6-7,9H2,1H3. The lowest BCUT2D eigenvalue weighted by atomic mass is 10.1. The fraction of sp³-hybridized carbons (Fsp3) is 0.467. The molecule has 0 radical (unpaired) electrons. The van der Waals surface area contributed by atoms with Crippen molar-refractivity contribution in [3.8, 4) is 5.69 Å². The molecule has 1 saturated carbocycles. The highest BCUT2D eigenvalue weighted by Gasteiger charge is 2.28. The lowest BCUT2D eigenvalue weighted by Crippen LogP contribution is -2.28. The lowest BCUT2D eigenvalue weighted by molar-refractivity contribution is 0.183. The third kappa shape index (κ3) is 2.89. The van der Waals surface area contributed by atoms with Crippen LogP contribution in [0.25, 0.3) is 5.69 Å². The van der Waals surface area contributed by atoms with E-state index in [1.54, 1.807) is 17.3 Å². The van der Waals surface area contributed by atoms with Crippen molar-refractivity contribution in [2.45, 2.75) is 32.4 Å².